The minimum Gasteiger partial charge on any atom is -0.352 e. The van der Waals surface area contributed by atoms with E-state index in [9.17, 15) is 8.42 Å². The van der Waals surface area contributed by atoms with Gasteiger partial charge in [-0.1, -0.05) is 0 Å². The predicted octanol–water partition coefficient (Wildman–Crippen LogP) is 2.01. The van der Waals surface area contributed by atoms with Crippen LogP contribution in [0.4, 0.5) is 5.82 Å². The molecule has 2 rings (SSSR count). The fourth-order valence-electron chi connectivity index (χ4n) is 1.91. The highest BCUT2D eigenvalue weighted by Crippen LogP contribution is 2.21. The Hall–Kier alpha value is -1.38. The van der Waals surface area contributed by atoms with Crippen LogP contribution in [0.25, 0.3) is 0 Å². The Kier molecular flexibility index (Phi) is 4.70. The summed E-state index contributed by atoms with van der Waals surface area (Å²) in [6, 6.07) is 3.45. The third-order valence-corrected chi connectivity index (χ3v) is 4.77. The van der Waals surface area contributed by atoms with Gasteiger partial charge in [-0.3, -0.25) is 4.72 Å². The summed E-state index contributed by atoms with van der Waals surface area (Å²) < 4.78 is 29.9. The third-order valence-electron chi connectivity index (χ3n) is 3.03. The molecule has 21 heavy (non-hydrogen) atoms. The maximum absolute atomic E-state index is 12.4. The number of rotatable bonds is 5. The third kappa shape index (κ3) is 3.63. The summed E-state index contributed by atoms with van der Waals surface area (Å²) >= 11 is 3.30. The molecule has 2 N–H and O–H groups in total. The number of nitrogens with one attached hydrogen (secondary N) is 2. The highest BCUT2D eigenvalue weighted by atomic mass is 79.9. The average Bonchev–Trinajstić information content (AvgIpc) is 2.76. The van der Waals surface area contributed by atoms with Crippen molar-refractivity contribution in [3.8, 4) is 0 Å². The van der Waals surface area contributed by atoms with Crippen LogP contribution in [0, 0.1) is 6.92 Å². The van der Waals surface area contributed by atoms with Gasteiger partial charge in [-0.05, 0) is 47.6 Å². The van der Waals surface area contributed by atoms with Gasteiger partial charge in [-0.2, -0.15) is 0 Å². The first-order chi connectivity index (χ1) is 9.83. The molecule has 0 saturated heterocycles. The topological polar surface area (TPSA) is 76.0 Å². The summed E-state index contributed by atoms with van der Waals surface area (Å²) in [6.45, 7) is 2.40. The normalized spacial score (nSPS) is 11.6. The molecule has 6 nitrogen and oxygen atoms in total. The first-order valence-electron chi connectivity index (χ1n) is 6.28. The molecular formula is C13H17BrN4O2S. The van der Waals surface area contributed by atoms with Crippen LogP contribution in [0.15, 0.2) is 33.9 Å². The molecule has 0 unspecified atom stereocenters. The van der Waals surface area contributed by atoms with Crippen LogP contribution in [0.3, 0.4) is 0 Å². The van der Waals surface area contributed by atoms with Crippen LogP contribution < -0.4 is 10.0 Å². The van der Waals surface area contributed by atoms with Crippen LogP contribution in [0.1, 0.15) is 11.3 Å². The van der Waals surface area contributed by atoms with Gasteiger partial charge in [-0.15, -0.1) is 0 Å². The van der Waals surface area contributed by atoms with Crippen molar-refractivity contribution in [1.29, 1.82) is 0 Å². The first kappa shape index (κ1) is 16.0. The Labute approximate surface area is 132 Å². The summed E-state index contributed by atoms with van der Waals surface area (Å²) in [5, 5.41) is 3.00. The number of halogens is 1. The van der Waals surface area contributed by atoms with E-state index < -0.39 is 10.0 Å². The van der Waals surface area contributed by atoms with E-state index in [-0.39, 0.29) is 4.90 Å². The monoisotopic (exact) mass is 372 g/mol. The minimum atomic E-state index is -3.65. The van der Waals surface area contributed by atoms with Gasteiger partial charge in [0.15, 0.2) is 0 Å². The molecule has 8 heteroatoms. The lowest BCUT2D eigenvalue weighted by molar-refractivity contribution is 0.601. The van der Waals surface area contributed by atoms with Crippen molar-refractivity contribution in [3.63, 3.8) is 0 Å². The predicted molar refractivity (Wildman–Crippen MR) is 85.7 cm³/mol. The zero-order valence-corrected chi connectivity index (χ0v) is 14.4. The van der Waals surface area contributed by atoms with Crippen LogP contribution in [0.2, 0.25) is 0 Å². The van der Waals surface area contributed by atoms with Crippen molar-refractivity contribution in [3.05, 3.63) is 40.3 Å². The first-order valence-corrected chi connectivity index (χ1v) is 8.56. The van der Waals surface area contributed by atoms with E-state index >= 15 is 0 Å². The van der Waals surface area contributed by atoms with Gasteiger partial charge in [0.1, 0.15) is 10.7 Å². The molecule has 114 valence electrons. The second kappa shape index (κ2) is 6.17. The number of nitrogens with zero attached hydrogens (tertiary/aromatic N) is 2. The average molecular weight is 373 g/mol. The molecule has 0 aliphatic rings. The molecular weight excluding hydrogens is 356 g/mol. The fourth-order valence-corrected chi connectivity index (χ4v) is 3.53. The Morgan fingerprint density at radius 2 is 2.10 bits per heavy atom. The highest BCUT2D eigenvalue weighted by molar-refractivity contribution is 9.10. The number of hydrogen-bond acceptors (Lipinski definition) is 4. The summed E-state index contributed by atoms with van der Waals surface area (Å²) in [5.74, 6) is 0.331. The Morgan fingerprint density at radius 3 is 2.71 bits per heavy atom. The molecule has 0 atom stereocenters. The molecule has 0 fully saturated rings. The van der Waals surface area contributed by atoms with Crippen LogP contribution in [-0.2, 0) is 23.6 Å². The van der Waals surface area contributed by atoms with Crippen molar-refractivity contribution in [2.24, 2.45) is 7.05 Å². The zero-order valence-electron chi connectivity index (χ0n) is 12.0. The Morgan fingerprint density at radius 1 is 1.38 bits per heavy atom. The molecule has 0 aromatic carbocycles. The van der Waals surface area contributed by atoms with Gasteiger partial charge in [0, 0.05) is 36.2 Å². The standard InChI is InChI=1S/C13H17BrN4O2S/c1-9-4-10(14)6-16-13(9)17-21(19,20)12-5-11(7-15-2)18(3)8-12/h4-6,8,15H,7H2,1-3H3,(H,16,17). The van der Waals surface area contributed by atoms with Crippen molar-refractivity contribution in [1.82, 2.24) is 14.9 Å². The number of aromatic nitrogens is 2. The number of sulfonamides is 1. The van der Waals surface area contributed by atoms with Crippen molar-refractivity contribution in [2.75, 3.05) is 11.8 Å². The van der Waals surface area contributed by atoms with Crippen LogP contribution >= 0.6 is 15.9 Å². The largest absolute Gasteiger partial charge is 0.352 e. The molecule has 0 bridgehead atoms. The minimum absolute atomic E-state index is 0.222. The SMILES string of the molecule is CNCc1cc(S(=O)(=O)Nc2ncc(Br)cc2C)cn1C. The molecule has 0 aliphatic carbocycles. The maximum atomic E-state index is 12.4. The van der Waals surface area contributed by atoms with E-state index in [1.54, 1.807) is 30.0 Å². The molecule has 0 radical (unpaired) electrons. The van der Waals surface area contributed by atoms with Crippen molar-refractivity contribution in [2.45, 2.75) is 18.4 Å². The lowest BCUT2D eigenvalue weighted by Gasteiger charge is -2.08. The van der Waals surface area contributed by atoms with E-state index in [4.69, 9.17) is 0 Å². The molecule has 0 amide bonds. The van der Waals surface area contributed by atoms with Crippen molar-refractivity contribution >= 4 is 31.8 Å². The van der Waals surface area contributed by atoms with Crippen molar-refractivity contribution < 1.29 is 8.42 Å². The second-order valence-corrected chi connectivity index (χ2v) is 7.33. The lowest BCUT2D eigenvalue weighted by atomic mass is 10.3. The molecule has 0 saturated carbocycles. The van der Waals surface area contributed by atoms with E-state index in [1.807, 2.05) is 20.2 Å². The van der Waals surface area contributed by atoms with Gasteiger partial charge in [0.05, 0.1) is 0 Å². The smallest absolute Gasteiger partial charge is 0.264 e. The van der Waals surface area contributed by atoms with Gasteiger partial charge in [-0.25, -0.2) is 13.4 Å². The van der Waals surface area contributed by atoms with Gasteiger partial charge >= 0.3 is 0 Å². The molecule has 0 spiro atoms. The van der Waals surface area contributed by atoms with E-state index in [0.29, 0.717) is 12.4 Å². The molecule has 2 heterocycles. The van der Waals surface area contributed by atoms with E-state index in [1.165, 1.54) is 0 Å². The van der Waals surface area contributed by atoms with Crippen LogP contribution in [-0.4, -0.2) is 25.0 Å². The quantitative estimate of drug-likeness (QED) is 0.841. The summed E-state index contributed by atoms with van der Waals surface area (Å²) in [7, 11) is -0.0168. The number of aryl methyl sites for hydroxylation is 2. The Balaban J connectivity index is 2.32. The van der Waals surface area contributed by atoms with E-state index in [0.717, 1.165) is 15.7 Å². The highest BCUT2D eigenvalue weighted by Gasteiger charge is 2.19. The van der Waals surface area contributed by atoms with Gasteiger partial charge in [0.25, 0.3) is 10.0 Å². The second-order valence-electron chi connectivity index (χ2n) is 4.73. The van der Waals surface area contributed by atoms with Gasteiger partial charge in [0.2, 0.25) is 0 Å². The Bertz CT molecular complexity index is 756. The fraction of sp³-hybridized carbons (Fsp3) is 0.308. The van der Waals surface area contributed by atoms with E-state index in [2.05, 4.69) is 31.0 Å². The molecule has 2 aromatic rings. The zero-order chi connectivity index (χ0) is 15.6. The molecule has 0 aliphatic heterocycles. The number of anilines is 1. The number of pyridine rings is 1. The van der Waals surface area contributed by atoms with Crippen LogP contribution in [0.5, 0.6) is 0 Å². The number of hydrogen-bond donors (Lipinski definition) is 2. The summed E-state index contributed by atoms with van der Waals surface area (Å²) in [5.41, 5.74) is 1.64. The lowest BCUT2D eigenvalue weighted by Crippen LogP contribution is -2.14. The summed E-state index contributed by atoms with van der Waals surface area (Å²) in [6.07, 6.45) is 3.14. The molecule has 2 aromatic heterocycles. The summed E-state index contributed by atoms with van der Waals surface area (Å²) in [4.78, 5) is 4.32. The maximum Gasteiger partial charge on any atom is 0.264 e. The van der Waals surface area contributed by atoms with Gasteiger partial charge < -0.3 is 9.88 Å².